The number of primary amides is 2. The van der Waals surface area contributed by atoms with Gasteiger partial charge in [0.25, 0.3) is 0 Å². The van der Waals surface area contributed by atoms with Gasteiger partial charge in [0.2, 0.25) is 11.8 Å². The molecule has 5 N–H and O–H groups in total. The highest BCUT2D eigenvalue weighted by atomic mass is 32.2. The molecule has 8 nitrogen and oxygen atoms in total. The van der Waals surface area contributed by atoms with Gasteiger partial charge in [0.1, 0.15) is 12.2 Å². The van der Waals surface area contributed by atoms with Crippen LogP contribution in [-0.2, 0) is 20.7 Å². The van der Waals surface area contributed by atoms with Crippen molar-refractivity contribution >= 4 is 29.7 Å². The number of aryl methyl sites for hydroxylation is 2. The molecule has 3 amide bonds. The Balaban J connectivity index is 0. The molecule has 1 aromatic rings. The number of rotatable bonds is 16. The molecule has 0 aromatic heterocycles. The van der Waals surface area contributed by atoms with Gasteiger partial charge in [-0.2, -0.15) is 0 Å². The molecule has 1 atom stereocenters. The standard InChI is InChI=1S/C21H32FN3O5.C11H14S.C2H6/c1-13-10-14(6-5-7-17(23)26)19(22)16(11-13)29-12-15(8-9-18(24)27)25-20(28)30-21(2,3)4;1-6-12-11(5)10(4)8-7-9(2)3;1-2/h10-11,15H,5-9,12H2,1-4H3,(H2,23,26)(H2,24,27)(H,25,28);6-8H,1-2,4-5H2,3H3;1-2H3/b;8-7-;. The first-order valence-electron chi connectivity index (χ1n) is 14.4. The van der Waals surface area contributed by atoms with Crippen LogP contribution >= 0.6 is 11.8 Å². The van der Waals surface area contributed by atoms with Gasteiger partial charge < -0.3 is 26.3 Å². The number of hydrogen-bond donors (Lipinski definition) is 3. The molecular weight excluding hydrogens is 581 g/mol. The summed E-state index contributed by atoms with van der Waals surface area (Å²) in [6.07, 6.45) is 4.32. The van der Waals surface area contributed by atoms with E-state index in [1.165, 1.54) is 11.8 Å². The van der Waals surface area contributed by atoms with Crippen LogP contribution in [0.5, 0.6) is 5.75 Å². The number of nitrogens with one attached hydrogen (secondary N) is 1. The van der Waals surface area contributed by atoms with Crippen LogP contribution in [0.25, 0.3) is 0 Å². The van der Waals surface area contributed by atoms with E-state index in [-0.39, 0.29) is 31.6 Å². The van der Waals surface area contributed by atoms with Crippen molar-refractivity contribution in [1.29, 1.82) is 0 Å². The van der Waals surface area contributed by atoms with Crippen molar-refractivity contribution in [3.05, 3.63) is 89.0 Å². The Morgan fingerprint density at radius 1 is 1.07 bits per heavy atom. The number of allylic oxidation sites excluding steroid dienone is 4. The van der Waals surface area contributed by atoms with Crippen molar-refractivity contribution in [1.82, 2.24) is 5.32 Å². The van der Waals surface area contributed by atoms with Crippen LogP contribution in [0.15, 0.2) is 72.1 Å². The van der Waals surface area contributed by atoms with Crippen molar-refractivity contribution in [3.8, 4) is 5.75 Å². The molecule has 1 aromatic carbocycles. The SMILES string of the molecule is C=CSC(=C)C(=C)/C=C\C(=C)C.CC.Cc1cc(CCCC(N)=O)c(F)c(OCC(CCC(N)=O)NC(=O)OC(C)(C)C)c1. The lowest BCUT2D eigenvalue weighted by Gasteiger charge is -2.24. The normalized spacial score (nSPS) is 11.1. The molecule has 0 radical (unpaired) electrons. The van der Waals surface area contributed by atoms with E-state index in [1.54, 1.807) is 45.2 Å². The zero-order valence-electron chi connectivity index (χ0n) is 27.5. The molecule has 44 heavy (non-hydrogen) atoms. The third kappa shape index (κ3) is 21.8. The molecule has 0 bridgehead atoms. The van der Waals surface area contributed by atoms with Gasteiger partial charge in [-0.3, -0.25) is 9.59 Å². The van der Waals surface area contributed by atoms with Gasteiger partial charge in [-0.05, 0) is 82.1 Å². The smallest absolute Gasteiger partial charge is 0.407 e. The van der Waals surface area contributed by atoms with E-state index in [0.717, 1.165) is 21.6 Å². The van der Waals surface area contributed by atoms with Crippen LogP contribution in [0, 0.1) is 12.7 Å². The molecule has 0 saturated heterocycles. The van der Waals surface area contributed by atoms with Crippen LogP contribution in [0.4, 0.5) is 9.18 Å². The summed E-state index contributed by atoms with van der Waals surface area (Å²) in [6, 6.07) is 2.63. The largest absolute Gasteiger partial charge is 0.488 e. The van der Waals surface area contributed by atoms with E-state index in [0.29, 0.717) is 18.4 Å². The van der Waals surface area contributed by atoms with E-state index in [1.807, 2.05) is 32.9 Å². The number of hydrogen-bond acceptors (Lipinski definition) is 6. The summed E-state index contributed by atoms with van der Waals surface area (Å²) in [7, 11) is 0. The van der Waals surface area contributed by atoms with E-state index in [9.17, 15) is 18.8 Å². The Morgan fingerprint density at radius 2 is 1.66 bits per heavy atom. The van der Waals surface area contributed by atoms with Crippen LogP contribution < -0.4 is 21.5 Å². The van der Waals surface area contributed by atoms with Gasteiger partial charge in [-0.1, -0.05) is 75.7 Å². The van der Waals surface area contributed by atoms with Gasteiger partial charge in [0.05, 0.1) is 6.04 Å². The molecule has 0 saturated carbocycles. The van der Waals surface area contributed by atoms with Crippen LogP contribution in [0.3, 0.4) is 0 Å². The monoisotopic (exact) mass is 633 g/mol. The summed E-state index contributed by atoms with van der Waals surface area (Å²) in [5, 5.41) is 4.37. The molecule has 1 unspecified atom stereocenters. The summed E-state index contributed by atoms with van der Waals surface area (Å²) in [5.74, 6) is -1.47. The topological polar surface area (TPSA) is 134 Å². The second-order valence-corrected chi connectivity index (χ2v) is 11.7. The Hall–Kier alpha value is -3.79. The summed E-state index contributed by atoms with van der Waals surface area (Å²) in [4.78, 5) is 35.0. The maximum absolute atomic E-state index is 14.8. The van der Waals surface area contributed by atoms with Gasteiger partial charge >= 0.3 is 6.09 Å². The molecule has 0 aliphatic rings. The average Bonchev–Trinajstić information content (AvgIpc) is 2.91. The number of nitrogens with two attached hydrogens (primary N) is 2. The number of carbonyl (C=O) groups excluding carboxylic acids is 3. The quantitative estimate of drug-likeness (QED) is 0.161. The lowest BCUT2D eigenvalue weighted by atomic mass is 10.0. The molecular formula is C34H52FN3O5S. The minimum Gasteiger partial charge on any atom is -0.488 e. The van der Waals surface area contributed by atoms with E-state index in [4.69, 9.17) is 20.9 Å². The maximum Gasteiger partial charge on any atom is 0.407 e. The number of alkyl carbamates (subject to hydrolysis) is 1. The van der Waals surface area contributed by atoms with Crippen molar-refractivity contribution in [2.75, 3.05) is 6.61 Å². The summed E-state index contributed by atoms with van der Waals surface area (Å²) in [6.45, 7) is 27.9. The van der Waals surface area contributed by atoms with Crippen molar-refractivity contribution in [2.45, 2.75) is 92.2 Å². The summed E-state index contributed by atoms with van der Waals surface area (Å²) < 4.78 is 25.6. The zero-order chi connectivity index (χ0) is 34.5. The second kappa shape index (κ2) is 22.7. The summed E-state index contributed by atoms with van der Waals surface area (Å²) >= 11 is 1.48. The van der Waals surface area contributed by atoms with Gasteiger partial charge in [0.15, 0.2) is 11.6 Å². The fraction of sp³-hybridized carbons (Fsp3) is 0.441. The third-order valence-electron chi connectivity index (χ3n) is 5.18. The van der Waals surface area contributed by atoms with E-state index < -0.39 is 35.4 Å². The fourth-order valence-electron chi connectivity index (χ4n) is 3.24. The number of ether oxygens (including phenoxy) is 2. The lowest BCUT2D eigenvalue weighted by molar-refractivity contribution is -0.119. The molecule has 1 rings (SSSR count). The second-order valence-electron chi connectivity index (χ2n) is 10.6. The molecule has 0 spiro atoms. The Labute approximate surface area is 267 Å². The number of halogens is 1. The first kappa shape index (κ1) is 42.3. The van der Waals surface area contributed by atoms with Gasteiger partial charge in [-0.15, -0.1) is 0 Å². The maximum atomic E-state index is 14.8. The first-order chi connectivity index (χ1) is 20.4. The van der Waals surface area contributed by atoms with Crippen LogP contribution in [0.1, 0.15) is 78.4 Å². The summed E-state index contributed by atoms with van der Waals surface area (Å²) in [5.41, 5.74) is 12.7. The highest BCUT2D eigenvalue weighted by Crippen LogP contribution is 2.25. The Bertz CT molecular complexity index is 1170. The number of thioether (sulfide) groups is 1. The minimum atomic E-state index is -0.693. The highest BCUT2D eigenvalue weighted by Gasteiger charge is 2.21. The minimum absolute atomic E-state index is 0.0263. The Kier molecular flexibility index (Phi) is 21.9. The Morgan fingerprint density at radius 3 is 2.16 bits per heavy atom. The average molecular weight is 634 g/mol. The highest BCUT2D eigenvalue weighted by molar-refractivity contribution is 8.06. The molecule has 0 fully saturated rings. The molecule has 0 heterocycles. The van der Waals surface area contributed by atoms with E-state index >= 15 is 0 Å². The first-order valence-corrected chi connectivity index (χ1v) is 15.3. The van der Waals surface area contributed by atoms with Crippen LogP contribution in [0.2, 0.25) is 0 Å². The van der Waals surface area contributed by atoms with Crippen LogP contribution in [-0.4, -0.2) is 36.2 Å². The van der Waals surface area contributed by atoms with Crippen molar-refractivity contribution in [2.24, 2.45) is 11.5 Å². The molecule has 0 aliphatic heterocycles. The van der Waals surface area contributed by atoms with Crippen molar-refractivity contribution < 1.29 is 28.2 Å². The fourth-order valence-corrected chi connectivity index (χ4v) is 3.66. The number of benzene rings is 1. The molecule has 246 valence electrons. The zero-order valence-corrected chi connectivity index (χ0v) is 28.3. The molecule has 10 heteroatoms. The number of amides is 3. The predicted molar refractivity (Wildman–Crippen MR) is 182 cm³/mol. The molecule has 0 aliphatic carbocycles. The van der Waals surface area contributed by atoms with Crippen molar-refractivity contribution in [3.63, 3.8) is 0 Å². The van der Waals surface area contributed by atoms with Gasteiger partial charge in [-0.25, -0.2) is 9.18 Å². The predicted octanol–water partition coefficient (Wildman–Crippen LogP) is 7.57. The number of carbonyl (C=O) groups is 3. The third-order valence-corrected chi connectivity index (χ3v) is 5.89. The lowest BCUT2D eigenvalue weighted by Crippen LogP contribution is -2.42. The van der Waals surface area contributed by atoms with E-state index in [2.05, 4.69) is 31.6 Å². The van der Waals surface area contributed by atoms with Gasteiger partial charge in [0, 0.05) is 17.7 Å².